The third-order valence-corrected chi connectivity index (χ3v) is 4.39. The van der Waals surface area contributed by atoms with Gasteiger partial charge in [-0.3, -0.25) is 0 Å². The van der Waals surface area contributed by atoms with Crippen molar-refractivity contribution in [2.45, 2.75) is 57.2 Å². The van der Waals surface area contributed by atoms with Crippen LogP contribution in [0.15, 0.2) is 0 Å². The van der Waals surface area contributed by atoms with Crippen LogP contribution in [0, 0.1) is 11.8 Å². The Morgan fingerprint density at radius 1 is 1.40 bits per heavy atom. The average Bonchev–Trinajstić information content (AvgIpc) is 2.75. The Morgan fingerprint density at radius 3 is 2.73 bits per heavy atom. The highest BCUT2D eigenvalue weighted by Crippen LogP contribution is 2.29. The minimum Gasteiger partial charge on any atom is -0.312 e. The van der Waals surface area contributed by atoms with Gasteiger partial charge in [0.1, 0.15) is 0 Å². The van der Waals surface area contributed by atoms with Gasteiger partial charge in [0, 0.05) is 23.5 Å². The summed E-state index contributed by atoms with van der Waals surface area (Å²) in [7, 11) is 0. The van der Waals surface area contributed by atoms with Crippen LogP contribution < -0.4 is 5.32 Å². The zero-order chi connectivity index (χ0) is 10.9. The lowest BCUT2D eigenvalue weighted by Gasteiger charge is -2.17. The molecular weight excluding hydrogens is 202 g/mol. The molecule has 1 atom stereocenters. The van der Waals surface area contributed by atoms with Crippen molar-refractivity contribution in [2.75, 3.05) is 12.3 Å². The van der Waals surface area contributed by atoms with Crippen LogP contribution in [0.1, 0.15) is 46.0 Å². The molecular formula is C13H23NS. The molecule has 2 heteroatoms. The van der Waals surface area contributed by atoms with Gasteiger partial charge in [-0.1, -0.05) is 19.8 Å². The van der Waals surface area contributed by atoms with Crippen LogP contribution in [-0.2, 0) is 0 Å². The number of rotatable bonds is 6. The van der Waals surface area contributed by atoms with Gasteiger partial charge in [0.05, 0.1) is 0 Å². The maximum absolute atomic E-state index is 3.52. The average molecular weight is 225 g/mol. The number of hydrogen-bond acceptors (Lipinski definition) is 2. The molecule has 0 radical (unpaired) electrons. The molecule has 0 saturated heterocycles. The van der Waals surface area contributed by atoms with Crippen LogP contribution in [0.3, 0.4) is 0 Å². The van der Waals surface area contributed by atoms with E-state index in [2.05, 4.69) is 35.8 Å². The Morgan fingerprint density at radius 2 is 2.13 bits per heavy atom. The first-order valence-corrected chi connectivity index (χ1v) is 7.16. The summed E-state index contributed by atoms with van der Waals surface area (Å²) >= 11 is 2.15. The molecule has 0 aromatic heterocycles. The van der Waals surface area contributed by atoms with E-state index in [-0.39, 0.29) is 0 Å². The second-order valence-corrected chi connectivity index (χ2v) is 5.46. The Balaban J connectivity index is 2.19. The summed E-state index contributed by atoms with van der Waals surface area (Å²) in [5, 5.41) is 4.45. The van der Waals surface area contributed by atoms with Gasteiger partial charge >= 0.3 is 0 Å². The summed E-state index contributed by atoms with van der Waals surface area (Å²) in [5.74, 6) is 7.40. The summed E-state index contributed by atoms with van der Waals surface area (Å²) in [6.45, 7) is 5.15. The molecule has 15 heavy (non-hydrogen) atoms. The first-order chi connectivity index (χ1) is 7.36. The summed E-state index contributed by atoms with van der Waals surface area (Å²) < 4.78 is 0. The smallest absolute Gasteiger partial charge is 0.0267 e. The Labute approximate surface area is 98.8 Å². The van der Waals surface area contributed by atoms with Crippen LogP contribution in [0.2, 0.25) is 0 Å². The summed E-state index contributed by atoms with van der Waals surface area (Å²) in [5.41, 5.74) is 0. The van der Waals surface area contributed by atoms with E-state index in [1.807, 2.05) is 6.92 Å². The highest BCUT2D eigenvalue weighted by Gasteiger charge is 2.17. The van der Waals surface area contributed by atoms with Crippen LogP contribution in [-0.4, -0.2) is 23.6 Å². The van der Waals surface area contributed by atoms with E-state index in [4.69, 9.17) is 0 Å². The van der Waals surface area contributed by atoms with E-state index in [1.54, 1.807) is 0 Å². The lowest BCUT2D eigenvalue weighted by atomic mass is 10.2. The van der Waals surface area contributed by atoms with E-state index in [0.717, 1.165) is 18.2 Å². The van der Waals surface area contributed by atoms with Crippen LogP contribution in [0.5, 0.6) is 0 Å². The maximum atomic E-state index is 3.52. The van der Waals surface area contributed by atoms with E-state index in [1.165, 1.54) is 31.4 Å². The van der Waals surface area contributed by atoms with Crippen LogP contribution in [0.25, 0.3) is 0 Å². The fourth-order valence-electron chi connectivity index (χ4n) is 2.01. The minimum absolute atomic E-state index is 0.591. The van der Waals surface area contributed by atoms with E-state index in [0.29, 0.717) is 6.04 Å². The van der Waals surface area contributed by atoms with E-state index < -0.39 is 0 Å². The molecule has 1 rings (SSSR count). The summed E-state index contributed by atoms with van der Waals surface area (Å²) in [6.07, 6.45) is 6.76. The van der Waals surface area contributed by atoms with Gasteiger partial charge in [0.15, 0.2) is 0 Å². The van der Waals surface area contributed by atoms with Gasteiger partial charge in [-0.05, 0) is 26.3 Å². The molecule has 1 nitrogen and oxygen atoms in total. The molecule has 1 fully saturated rings. The maximum Gasteiger partial charge on any atom is 0.0267 e. The van der Waals surface area contributed by atoms with Crippen LogP contribution >= 0.6 is 11.8 Å². The largest absolute Gasteiger partial charge is 0.312 e. The molecule has 0 spiro atoms. The van der Waals surface area contributed by atoms with Crippen molar-refractivity contribution in [3.8, 4) is 11.8 Å². The van der Waals surface area contributed by atoms with Crippen molar-refractivity contribution in [1.29, 1.82) is 0 Å². The van der Waals surface area contributed by atoms with Crippen molar-refractivity contribution in [3.63, 3.8) is 0 Å². The molecule has 0 heterocycles. The Hall–Kier alpha value is -0.130. The second-order valence-electron chi connectivity index (χ2n) is 4.13. The van der Waals surface area contributed by atoms with Gasteiger partial charge in [-0.2, -0.15) is 11.8 Å². The second kappa shape index (κ2) is 8.07. The Bertz CT molecular complexity index is 210. The zero-order valence-electron chi connectivity index (χ0n) is 10.0. The third kappa shape index (κ3) is 5.49. The highest BCUT2D eigenvalue weighted by molar-refractivity contribution is 7.99. The van der Waals surface area contributed by atoms with E-state index >= 15 is 0 Å². The number of hydrogen-bond donors (Lipinski definition) is 1. The Kier molecular flexibility index (Phi) is 6.96. The van der Waals surface area contributed by atoms with Crippen molar-refractivity contribution >= 4 is 11.8 Å². The number of thioether (sulfide) groups is 1. The lowest BCUT2D eigenvalue weighted by molar-refractivity contribution is 0.587. The van der Waals surface area contributed by atoms with Gasteiger partial charge in [-0.15, -0.1) is 11.8 Å². The highest BCUT2D eigenvalue weighted by atomic mass is 32.2. The predicted octanol–water partition coefficient (Wildman–Crippen LogP) is 3.05. The minimum atomic E-state index is 0.591. The quantitative estimate of drug-likeness (QED) is 0.697. The van der Waals surface area contributed by atoms with Crippen molar-refractivity contribution < 1.29 is 0 Å². The lowest BCUT2D eigenvalue weighted by Crippen LogP contribution is -2.31. The first kappa shape index (κ1) is 12.9. The van der Waals surface area contributed by atoms with Gasteiger partial charge in [-0.25, -0.2) is 0 Å². The zero-order valence-corrected chi connectivity index (χ0v) is 10.8. The molecule has 0 amide bonds. The monoisotopic (exact) mass is 225 g/mol. The molecule has 1 aliphatic rings. The van der Waals surface area contributed by atoms with Crippen LogP contribution in [0.4, 0.5) is 0 Å². The standard InChI is InChI=1S/C13H23NS/c1-3-5-8-12(14-4-2)11-15-13-9-6-7-10-13/h12-14H,4,6-11H2,1-2H3. The summed E-state index contributed by atoms with van der Waals surface area (Å²) in [4.78, 5) is 0. The molecule has 1 unspecified atom stereocenters. The van der Waals surface area contributed by atoms with E-state index in [9.17, 15) is 0 Å². The normalized spacial score (nSPS) is 18.5. The van der Waals surface area contributed by atoms with Crippen molar-refractivity contribution in [3.05, 3.63) is 0 Å². The van der Waals surface area contributed by atoms with Crippen molar-refractivity contribution in [2.24, 2.45) is 0 Å². The number of nitrogens with one attached hydrogen (secondary N) is 1. The molecule has 86 valence electrons. The molecule has 0 aliphatic heterocycles. The molecule has 0 aromatic rings. The SMILES string of the molecule is CC#CCC(CSC1CCCC1)NCC. The molecule has 1 aliphatic carbocycles. The van der Waals surface area contributed by atoms with Gasteiger partial charge in [0.2, 0.25) is 0 Å². The van der Waals surface area contributed by atoms with Gasteiger partial charge in [0.25, 0.3) is 0 Å². The molecule has 0 aromatic carbocycles. The third-order valence-electron chi connectivity index (χ3n) is 2.85. The summed E-state index contributed by atoms with van der Waals surface area (Å²) in [6, 6.07) is 0.591. The molecule has 1 saturated carbocycles. The molecule has 0 bridgehead atoms. The fourth-order valence-corrected chi connectivity index (χ4v) is 3.42. The topological polar surface area (TPSA) is 12.0 Å². The predicted molar refractivity (Wildman–Crippen MR) is 70.2 cm³/mol. The van der Waals surface area contributed by atoms with Crippen molar-refractivity contribution in [1.82, 2.24) is 5.32 Å². The first-order valence-electron chi connectivity index (χ1n) is 6.11. The molecule has 1 N–H and O–H groups in total. The van der Waals surface area contributed by atoms with Gasteiger partial charge < -0.3 is 5.32 Å². The fraction of sp³-hybridized carbons (Fsp3) is 0.846.